The van der Waals surface area contributed by atoms with Gasteiger partial charge >= 0.3 is 0 Å². The molecule has 1 saturated carbocycles. The van der Waals surface area contributed by atoms with Crippen molar-refractivity contribution in [1.82, 2.24) is 25.1 Å². The van der Waals surface area contributed by atoms with Crippen molar-refractivity contribution in [3.63, 3.8) is 0 Å². The van der Waals surface area contributed by atoms with Crippen LogP contribution in [0.15, 0.2) is 24.5 Å². The predicted octanol–water partition coefficient (Wildman–Crippen LogP) is 3.47. The number of nitrogens with zero attached hydrogens (tertiary/aromatic N) is 6. The van der Waals surface area contributed by atoms with Crippen LogP contribution < -0.4 is 9.64 Å². The van der Waals surface area contributed by atoms with Crippen LogP contribution in [0.1, 0.15) is 42.6 Å². The fourth-order valence-electron chi connectivity index (χ4n) is 3.72. The number of hydrogen-bond donors (Lipinski definition) is 0. The molecular formula is C21H26N6OS. The van der Waals surface area contributed by atoms with Gasteiger partial charge in [0.2, 0.25) is 5.88 Å². The average molecular weight is 411 g/mol. The summed E-state index contributed by atoms with van der Waals surface area (Å²) in [5, 5.41) is 12.1. The van der Waals surface area contributed by atoms with E-state index in [1.807, 2.05) is 13.8 Å². The summed E-state index contributed by atoms with van der Waals surface area (Å²) in [6.07, 6.45) is 4.23. The van der Waals surface area contributed by atoms with Gasteiger partial charge in [-0.2, -0.15) is 0 Å². The Hall–Kier alpha value is -2.32. The summed E-state index contributed by atoms with van der Waals surface area (Å²) in [7, 11) is 0. The van der Waals surface area contributed by atoms with Gasteiger partial charge in [-0.25, -0.2) is 9.97 Å². The Labute approximate surface area is 174 Å². The second-order valence-corrected chi connectivity index (χ2v) is 9.21. The molecule has 3 aromatic rings. The smallest absolute Gasteiger partial charge is 0.224 e. The number of benzene rings is 1. The minimum absolute atomic E-state index is 0.0843. The van der Waals surface area contributed by atoms with Crippen LogP contribution in [-0.4, -0.2) is 57.3 Å². The highest BCUT2D eigenvalue weighted by molar-refractivity contribution is 7.11. The van der Waals surface area contributed by atoms with Gasteiger partial charge in [-0.3, -0.25) is 4.90 Å². The molecule has 0 spiro atoms. The monoisotopic (exact) mass is 410 g/mol. The molecule has 7 nitrogen and oxygen atoms in total. The first kappa shape index (κ1) is 18.7. The molecule has 0 unspecified atom stereocenters. The van der Waals surface area contributed by atoms with Crippen LogP contribution in [0.4, 0.5) is 5.69 Å². The summed E-state index contributed by atoms with van der Waals surface area (Å²) >= 11 is 1.80. The van der Waals surface area contributed by atoms with Crippen molar-refractivity contribution in [2.45, 2.75) is 45.3 Å². The second kappa shape index (κ2) is 7.84. The van der Waals surface area contributed by atoms with E-state index < -0.39 is 0 Å². The molecule has 1 saturated heterocycles. The molecule has 2 aromatic heterocycles. The number of rotatable bonds is 6. The Morgan fingerprint density at radius 1 is 1.10 bits per heavy atom. The molecule has 152 valence electrons. The van der Waals surface area contributed by atoms with Crippen molar-refractivity contribution in [3.05, 3.63) is 34.5 Å². The lowest BCUT2D eigenvalue weighted by Crippen LogP contribution is -2.45. The molecule has 0 radical (unpaired) electrons. The lowest BCUT2D eigenvalue weighted by atomic mass is 10.2. The molecule has 2 aliphatic rings. The van der Waals surface area contributed by atoms with Crippen LogP contribution in [0.5, 0.6) is 5.88 Å². The van der Waals surface area contributed by atoms with E-state index in [0.29, 0.717) is 11.8 Å². The average Bonchev–Trinajstić information content (AvgIpc) is 3.47. The van der Waals surface area contributed by atoms with Crippen molar-refractivity contribution in [3.8, 4) is 5.88 Å². The lowest BCUT2D eigenvalue weighted by Gasteiger charge is -2.35. The zero-order valence-electron chi connectivity index (χ0n) is 16.9. The molecule has 5 rings (SSSR count). The predicted molar refractivity (Wildman–Crippen MR) is 115 cm³/mol. The quantitative estimate of drug-likeness (QED) is 0.616. The van der Waals surface area contributed by atoms with Crippen LogP contribution in [0.2, 0.25) is 0 Å². The Morgan fingerprint density at radius 3 is 2.69 bits per heavy atom. The molecule has 1 aromatic carbocycles. The molecule has 0 bridgehead atoms. The van der Waals surface area contributed by atoms with Gasteiger partial charge in [-0.1, -0.05) is 11.3 Å². The van der Waals surface area contributed by atoms with Crippen molar-refractivity contribution in [2.24, 2.45) is 0 Å². The summed E-state index contributed by atoms with van der Waals surface area (Å²) in [5.74, 6) is 1.35. The van der Waals surface area contributed by atoms with Crippen LogP contribution >= 0.6 is 11.3 Å². The van der Waals surface area contributed by atoms with Crippen molar-refractivity contribution in [1.29, 1.82) is 0 Å². The molecule has 3 heterocycles. The zero-order chi connectivity index (χ0) is 19.8. The molecule has 29 heavy (non-hydrogen) atoms. The van der Waals surface area contributed by atoms with E-state index >= 15 is 0 Å². The van der Waals surface area contributed by atoms with Gasteiger partial charge in [-0.15, -0.1) is 10.2 Å². The first-order valence-electron chi connectivity index (χ1n) is 10.4. The van der Waals surface area contributed by atoms with E-state index in [-0.39, 0.29) is 6.10 Å². The van der Waals surface area contributed by atoms with Crippen LogP contribution in [-0.2, 0) is 6.54 Å². The third kappa shape index (κ3) is 4.18. The summed E-state index contributed by atoms with van der Waals surface area (Å²) < 4.78 is 5.89. The van der Waals surface area contributed by atoms with Crippen LogP contribution in [0.25, 0.3) is 10.9 Å². The van der Waals surface area contributed by atoms with Gasteiger partial charge in [0.05, 0.1) is 23.6 Å². The maximum absolute atomic E-state index is 5.89. The first-order valence-corrected chi connectivity index (χ1v) is 11.2. The fraction of sp³-hybridized carbons (Fsp3) is 0.524. The number of piperazine rings is 1. The molecule has 0 amide bonds. The Balaban J connectivity index is 1.25. The van der Waals surface area contributed by atoms with E-state index in [4.69, 9.17) is 4.74 Å². The van der Waals surface area contributed by atoms with Gasteiger partial charge in [0.15, 0.2) is 0 Å². The zero-order valence-corrected chi connectivity index (χ0v) is 17.7. The van der Waals surface area contributed by atoms with Gasteiger partial charge < -0.3 is 9.64 Å². The summed E-state index contributed by atoms with van der Waals surface area (Å²) in [6.45, 7) is 8.98. The largest absolute Gasteiger partial charge is 0.474 e. The van der Waals surface area contributed by atoms with Crippen LogP contribution in [0.3, 0.4) is 0 Å². The number of ether oxygens (including phenoxy) is 1. The molecular weight excluding hydrogens is 384 g/mol. The van der Waals surface area contributed by atoms with Crippen molar-refractivity contribution < 1.29 is 4.74 Å². The van der Waals surface area contributed by atoms with Gasteiger partial charge in [0.25, 0.3) is 0 Å². The van der Waals surface area contributed by atoms with Gasteiger partial charge in [0.1, 0.15) is 16.3 Å². The molecule has 8 heteroatoms. The summed E-state index contributed by atoms with van der Waals surface area (Å²) in [4.78, 5) is 13.6. The minimum atomic E-state index is 0.0843. The topological polar surface area (TPSA) is 67.3 Å². The van der Waals surface area contributed by atoms with E-state index in [1.165, 1.54) is 23.5 Å². The molecule has 1 aliphatic carbocycles. The number of hydrogen-bond acceptors (Lipinski definition) is 8. The highest BCUT2D eigenvalue weighted by Gasteiger charge is 2.28. The highest BCUT2D eigenvalue weighted by atomic mass is 32.1. The maximum atomic E-state index is 5.89. The van der Waals surface area contributed by atoms with Crippen molar-refractivity contribution in [2.75, 3.05) is 31.1 Å². The Bertz CT molecular complexity index is 994. The number of anilines is 1. The maximum Gasteiger partial charge on any atom is 0.224 e. The third-order valence-electron chi connectivity index (χ3n) is 5.44. The van der Waals surface area contributed by atoms with E-state index in [9.17, 15) is 0 Å². The number of aromatic nitrogens is 4. The van der Waals surface area contributed by atoms with E-state index in [2.05, 4.69) is 48.2 Å². The normalized spacial score (nSPS) is 18.0. The Kier molecular flexibility index (Phi) is 5.05. The van der Waals surface area contributed by atoms with E-state index in [0.717, 1.165) is 48.6 Å². The minimum Gasteiger partial charge on any atom is -0.474 e. The summed E-state index contributed by atoms with van der Waals surface area (Å²) in [5.41, 5.74) is 2.12. The second-order valence-electron chi connectivity index (χ2n) is 8.12. The first-order chi connectivity index (χ1) is 14.2. The molecule has 1 aliphatic heterocycles. The third-order valence-corrected chi connectivity index (χ3v) is 6.51. The molecule has 0 N–H and O–H groups in total. The lowest BCUT2D eigenvalue weighted by molar-refractivity contribution is 0.235. The number of fused-ring (bicyclic) bond motifs is 1. The van der Waals surface area contributed by atoms with Crippen molar-refractivity contribution >= 4 is 27.9 Å². The molecule has 2 fully saturated rings. The van der Waals surface area contributed by atoms with Gasteiger partial charge in [-0.05, 0) is 44.9 Å². The SMILES string of the molecule is CC(C)Oc1ncnc2ccc(N3CCN(Cc4nnc(C5CC5)s4)CC3)cc12. The summed E-state index contributed by atoms with van der Waals surface area (Å²) in [6, 6.07) is 6.37. The van der Waals surface area contributed by atoms with E-state index in [1.54, 1.807) is 17.7 Å². The Morgan fingerprint density at radius 2 is 1.93 bits per heavy atom. The molecule has 0 atom stereocenters. The standard InChI is InChI=1S/C21H26N6OS/c1-14(2)28-20-17-11-16(5-6-18(17)22-13-23-20)27-9-7-26(8-10-27)12-19-24-25-21(29-19)15-3-4-15/h5-6,11,13-15H,3-4,7-10,12H2,1-2H3. The van der Waals surface area contributed by atoms with Crippen LogP contribution in [0, 0.1) is 0 Å². The van der Waals surface area contributed by atoms with Gasteiger partial charge in [0, 0.05) is 37.8 Å². The fourth-order valence-corrected chi connectivity index (χ4v) is 4.77. The highest BCUT2D eigenvalue weighted by Crippen LogP contribution is 2.41.